The first-order valence-corrected chi connectivity index (χ1v) is 13.1. The molecule has 9 heteroatoms. The number of fused-ring (bicyclic) bond motifs is 1. The first kappa shape index (κ1) is 26.8. The normalized spacial score (nSPS) is 12.8. The third-order valence-corrected chi connectivity index (χ3v) is 6.67. The summed E-state index contributed by atoms with van der Waals surface area (Å²) in [6.07, 6.45) is 2.06. The van der Waals surface area contributed by atoms with Crippen LogP contribution in [0.4, 0.5) is 21.7 Å². The molecule has 40 heavy (non-hydrogen) atoms. The van der Waals surface area contributed by atoms with Gasteiger partial charge in [0.1, 0.15) is 11.6 Å². The summed E-state index contributed by atoms with van der Waals surface area (Å²) in [7, 11) is 1.59. The number of hydrogen-bond acceptors (Lipinski definition) is 7. The van der Waals surface area contributed by atoms with Crippen molar-refractivity contribution in [3.8, 4) is 5.75 Å². The van der Waals surface area contributed by atoms with Crippen LogP contribution in [0.5, 0.6) is 5.75 Å². The van der Waals surface area contributed by atoms with Crippen molar-refractivity contribution >= 4 is 29.2 Å². The lowest BCUT2D eigenvalue weighted by Crippen LogP contribution is -2.34. The minimum absolute atomic E-state index is 0.0642. The van der Waals surface area contributed by atoms with Gasteiger partial charge in [-0.25, -0.2) is 19.2 Å². The van der Waals surface area contributed by atoms with Gasteiger partial charge in [0.2, 0.25) is 11.9 Å². The lowest BCUT2D eigenvalue weighted by molar-refractivity contribution is -0.118. The standard InChI is InChI=1S/C31H29FN4O4/c1-3-39-30(38)28-25(20-33-31(34-28)36-17-10-18-40-26-16-15-23(32)19-24(26)36)35(2)29(37)27(21-11-6-4-7-12-21)22-13-8-5-9-14-22/h4-9,11-16,19-20,27H,3,10,17-18H2,1-2H3. The van der Waals surface area contributed by atoms with Gasteiger partial charge in [0, 0.05) is 19.7 Å². The molecule has 0 saturated carbocycles. The molecule has 8 nitrogen and oxygen atoms in total. The van der Waals surface area contributed by atoms with Crippen molar-refractivity contribution in [1.82, 2.24) is 9.97 Å². The molecule has 204 valence electrons. The Morgan fingerprint density at radius 1 is 1.05 bits per heavy atom. The molecule has 0 saturated heterocycles. The molecule has 1 aromatic heterocycles. The van der Waals surface area contributed by atoms with Crippen LogP contribution in [0, 0.1) is 5.82 Å². The van der Waals surface area contributed by atoms with E-state index in [1.165, 1.54) is 23.2 Å². The van der Waals surface area contributed by atoms with E-state index < -0.39 is 17.7 Å². The van der Waals surface area contributed by atoms with Crippen LogP contribution in [-0.2, 0) is 9.53 Å². The number of amides is 1. The van der Waals surface area contributed by atoms with Crippen molar-refractivity contribution in [3.05, 3.63) is 108 Å². The minimum atomic E-state index is -0.692. The predicted molar refractivity (Wildman–Crippen MR) is 150 cm³/mol. The second-order valence-corrected chi connectivity index (χ2v) is 9.24. The van der Waals surface area contributed by atoms with Gasteiger partial charge in [-0.1, -0.05) is 60.7 Å². The van der Waals surface area contributed by atoms with Crippen molar-refractivity contribution in [2.24, 2.45) is 0 Å². The molecule has 1 aliphatic heterocycles. The first-order chi connectivity index (χ1) is 19.5. The molecular formula is C31H29FN4O4. The predicted octanol–water partition coefficient (Wildman–Crippen LogP) is 5.51. The molecule has 3 aromatic carbocycles. The highest BCUT2D eigenvalue weighted by atomic mass is 19.1. The SMILES string of the molecule is CCOC(=O)c1nc(N2CCCOc3ccc(F)cc32)ncc1N(C)C(=O)C(c1ccccc1)c1ccccc1. The average Bonchev–Trinajstić information content (AvgIpc) is 3.20. The van der Waals surface area contributed by atoms with Crippen molar-refractivity contribution in [3.63, 3.8) is 0 Å². The van der Waals surface area contributed by atoms with Crippen LogP contribution in [0.2, 0.25) is 0 Å². The zero-order valence-corrected chi connectivity index (χ0v) is 22.3. The Bertz CT molecular complexity index is 1460. The Labute approximate surface area is 232 Å². The van der Waals surface area contributed by atoms with Crippen LogP contribution in [0.1, 0.15) is 40.9 Å². The van der Waals surface area contributed by atoms with Crippen molar-refractivity contribution in [2.45, 2.75) is 19.3 Å². The van der Waals surface area contributed by atoms with Crippen LogP contribution < -0.4 is 14.5 Å². The van der Waals surface area contributed by atoms with Gasteiger partial charge in [-0.15, -0.1) is 0 Å². The van der Waals surface area contributed by atoms with Crippen molar-refractivity contribution < 1.29 is 23.5 Å². The monoisotopic (exact) mass is 540 g/mol. The third-order valence-electron chi connectivity index (χ3n) is 6.67. The number of likely N-dealkylation sites (N-methyl/N-ethyl adjacent to an activating group) is 1. The topological polar surface area (TPSA) is 84.9 Å². The fraction of sp³-hybridized carbons (Fsp3) is 0.226. The van der Waals surface area contributed by atoms with E-state index in [4.69, 9.17) is 9.47 Å². The lowest BCUT2D eigenvalue weighted by atomic mass is 9.90. The van der Waals surface area contributed by atoms with E-state index in [9.17, 15) is 14.0 Å². The fourth-order valence-corrected chi connectivity index (χ4v) is 4.73. The molecule has 1 aliphatic rings. The van der Waals surface area contributed by atoms with Crippen LogP contribution in [0.25, 0.3) is 0 Å². The Hall–Kier alpha value is -4.79. The number of aromatic nitrogens is 2. The van der Waals surface area contributed by atoms with E-state index in [-0.39, 0.29) is 29.8 Å². The maximum absolute atomic E-state index is 14.2. The molecule has 0 unspecified atom stereocenters. The van der Waals surface area contributed by atoms with E-state index in [0.717, 1.165) is 11.1 Å². The number of esters is 1. The van der Waals surface area contributed by atoms with Gasteiger partial charge in [-0.2, -0.15) is 0 Å². The summed E-state index contributed by atoms with van der Waals surface area (Å²) in [6.45, 7) is 2.70. The number of ether oxygens (including phenoxy) is 2. The number of halogens is 1. The highest BCUT2D eigenvalue weighted by molar-refractivity contribution is 6.04. The molecule has 0 bridgehead atoms. The molecule has 5 rings (SSSR count). The number of hydrogen-bond donors (Lipinski definition) is 0. The molecule has 0 N–H and O–H groups in total. The van der Waals surface area contributed by atoms with E-state index in [0.29, 0.717) is 31.0 Å². The van der Waals surface area contributed by atoms with Gasteiger partial charge in [-0.05, 0) is 36.6 Å². The zero-order valence-electron chi connectivity index (χ0n) is 22.3. The van der Waals surface area contributed by atoms with Crippen LogP contribution in [0.15, 0.2) is 85.1 Å². The summed E-state index contributed by atoms with van der Waals surface area (Å²) < 4.78 is 25.3. The van der Waals surface area contributed by atoms with Crippen LogP contribution in [-0.4, -0.2) is 48.7 Å². The first-order valence-electron chi connectivity index (χ1n) is 13.1. The summed E-state index contributed by atoms with van der Waals surface area (Å²) in [4.78, 5) is 39.4. The third kappa shape index (κ3) is 5.49. The van der Waals surface area contributed by atoms with Crippen LogP contribution in [0.3, 0.4) is 0 Å². The Balaban J connectivity index is 1.57. The second kappa shape index (κ2) is 11.9. The number of nitrogens with zero attached hydrogens (tertiary/aromatic N) is 4. The van der Waals surface area contributed by atoms with E-state index >= 15 is 0 Å². The molecule has 0 radical (unpaired) electrons. The molecule has 0 aliphatic carbocycles. The maximum atomic E-state index is 14.2. The van der Waals surface area contributed by atoms with Gasteiger partial charge in [0.15, 0.2) is 5.69 Å². The molecule has 1 amide bonds. The molecular weight excluding hydrogens is 511 g/mol. The van der Waals surface area contributed by atoms with Gasteiger partial charge in [-0.3, -0.25) is 4.79 Å². The lowest BCUT2D eigenvalue weighted by Gasteiger charge is -2.27. The van der Waals surface area contributed by atoms with Crippen molar-refractivity contribution in [2.75, 3.05) is 36.6 Å². The van der Waals surface area contributed by atoms with E-state index in [1.54, 1.807) is 24.9 Å². The molecule has 0 spiro atoms. The highest BCUT2D eigenvalue weighted by Gasteiger charge is 2.31. The smallest absolute Gasteiger partial charge is 0.359 e. The Morgan fingerprint density at radius 2 is 1.73 bits per heavy atom. The highest BCUT2D eigenvalue weighted by Crippen LogP contribution is 2.36. The number of carbonyl (C=O) groups is 2. The van der Waals surface area contributed by atoms with Crippen molar-refractivity contribution in [1.29, 1.82) is 0 Å². The van der Waals surface area contributed by atoms with Crippen LogP contribution >= 0.6 is 0 Å². The van der Waals surface area contributed by atoms with Gasteiger partial charge < -0.3 is 19.3 Å². The quantitative estimate of drug-likeness (QED) is 0.286. The minimum Gasteiger partial charge on any atom is -0.491 e. The largest absolute Gasteiger partial charge is 0.491 e. The summed E-state index contributed by atoms with van der Waals surface area (Å²) in [6, 6.07) is 23.1. The van der Waals surface area contributed by atoms with Gasteiger partial charge in [0.25, 0.3) is 0 Å². The van der Waals surface area contributed by atoms with Gasteiger partial charge in [0.05, 0.1) is 36.7 Å². The molecule has 4 aromatic rings. The number of anilines is 3. The molecule has 0 fully saturated rings. The zero-order chi connectivity index (χ0) is 28.1. The summed E-state index contributed by atoms with van der Waals surface area (Å²) in [5.41, 5.74) is 2.21. The summed E-state index contributed by atoms with van der Waals surface area (Å²) in [5.74, 6) is -1.36. The summed E-state index contributed by atoms with van der Waals surface area (Å²) in [5, 5.41) is 0. The number of carbonyl (C=O) groups excluding carboxylic acids is 2. The Kier molecular flexibility index (Phi) is 8.00. The van der Waals surface area contributed by atoms with E-state index in [1.807, 2.05) is 60.7 Å². The van der Waals surface area contributed by atoms with E-state index in [2.05, 4.69) is 9.97 Å². The molecule has 2 heterocycles. The van der Waals surface area contributed by atoms with Gasteiger partial charge >= 0.3 is 5.97 Å². The Morgan fingerprint density at radius 3 is 2.38 bits per heavy atom. The maximum Gasteiger partial charge on any atom is 0.359 e. The number of rotatable bonds is 7. The summed E-state index contributed by atoms with van der Waals surface area (Å²) >= 11 is 0. The number of benzene rings is 3. The second-order valence-electron chi connectivity index (χ2n) is 9.24. The fourth-order valence-electron chi connectivity index (χ4n) is 4.73. The molecule has 0 atom stereocenters. The average molecular weight is 541 g/mol.